The normalized spacial score (nSPS) is 14.3. The molecular weight excluding hydrogens is 332 g/mol. The minimum Gasteiger partial charge on any atom is -0.545 e. The minimum atomic E-state index is -1.35. The maximum atomic E-state index is 12.5. The van der Waals surface area contributed by atoms with Crippen LogP contribution in [0.5, 0.6) is 0 Å². The summed E-state index contributed by atoms with van der Waals surface area (Å²) in [4.78, 5) is 36.6. The molecule has 1 N–H and O–H groups in total. The van der Waals surface area contributed by atoms with Gasteiger partial charge in [-0.05, 0) is 29.8 Å². The molecule has 0 atom stereocenters. The Morgan fingerprint density at radius 2 is 1.71 bits per heavy atom. The molecule has 0 fully saturated rings. The van der Waals surface area contributed by atoms with E-state index in [0.717, 1.165) is 4.90 Å². The molecule has 0 aromatic heterocycles. The van der Waals surface area contributed by atoms with Crippen LogP contribution in [0.3, 0.4) is 0 Å². The summed E-state index contributed by atoms with van der Waals surface area (Å²) in [5.41, 5.74) is 0.529. The zero-order valence-electron chi connectivity index (χ0n) is 12.2. The fourth-order valence-electron chi connectivity index (χ4n) is 2.29. The Bertz CT molecular complexity index is 877. The number of benzene rings is 2. The molecule has 2 aromatic carbocycles. The van der Waals surface area contributed by atoms with E-state index in [-0.39, 0.29) is 16.3 Å². The molecule has 0 spiro atoms. The maximum absolute atomic E-state index is 12.5. The SMILES string of the molecule is O=C([O-])c1cccc(NC2=C(Cl)C(=O)N(c3ccccc3)C2=O)c1. The van der Waals surface area contributed by atoms with Gasteiger partial charge in [0.1, 0.15) is 10.7 Å². The predicted octanol–water partition coefficient (Wildman–Crippen LogP) is 1.49. The molecule has 7 heteroatoms. The number of rotatable bonds is 4. The van der Waals surface area contributed by atoms with Crippen LogP contribution < -0.4 is 15.3 Å². The van der Waals surface area contributed by atoms with E-state index in [1.54, 1.807) is 36.4 Å². The Hall–Kier alpha value is -3.12. The predicted molar refractivity (Wildman–Crippen MR) is 86.2 cm³/mol. The fraction of sp³-hybridized carbons (Fsp3) is 0. The summed E-state index contributed by atoms with van der Waals surface area (Å²) in [6.45, 7) is 0. The van der Waals surface area contributed by atoms with Gasteiger partial charge in [0.25, 0.3) is 11.8 Å². The van der Waals surface area contributed by atoms with Crippen molar-refractivity contribution in [3.8, 4) is 0 Å². The molecule has 6 nitrogen and oxygen atoms in total. The number of nitrogens with one attached hydrogen (secondary N) is 1. The number of carboxylic acid groups (broad SMARTS) is 1. The monoisotopic (exact) mass is 341 g/mol. The first-order chi connectivity index (χ1) is 11.5. The third-order valence-electron chi connectivity index (χ3n) is 3.41. The van der Waals surface area contributed by atoms with Crippen molar-refractivity contribution in [2.24, 2.45) is 0 Å². The maximum Gasteiger partial charge on any atom is 0.283 e. The largest absolute Gasteiger partial charge is 0.545 e. The molecule has 0 aliphatic carbocycles. The van der Waals surface area contributed by atoms with Gasteiger partial charge >= 0.3 is 0 Å². The molecule has 0 saturated heterocycles. The average molecular weight is 342 g/mol. The lowest BCUT2D eigenvalue weighted by Crippen LogP contribution is -2.32. The van der Waals surface area contributed by atoms with Crippen molar-refractivity contribution >= 4 is 40.8 Å². The van der Waals surface area contributed by atoms with Gasteiger partial charge in [-0.1, -0.05) is 41.9 Å². The van der Waals surface area contributed by atoms with E-state index in [0.29, 0.717) is 11.4 Å². The second-order valence-electron chi connectivity index (χ2n) is 4.96. The number of halogens is 1. The average Bonchev–Trinajstić information content (AvgIpc) is 2.79. The number of aromatic carboxylic acids is 1. The summed E-state index contributed by atoms with van der Waals surface area (Å²) in [5, 5.41) is 13.4. The van der Waals surface area contributed by atoms with E-state index in [2.05, 4.69) is 5.32 Å². The van der Waals surface area contributed by atoms with Gasteiger partial charge in [0.05, 0.1) is 11.7 Å². The van der Waals surface area contributed by atoms with E-state index in [1.807, 2.05) is 0 Å². The van der Waals surface area contributed by atoms with Gasteiger partial charge in [0, 0.05) is 5.69 Å². The first-order valence-electron chi connectivity index (χ1n) is 6.91. The van der Waals surface area contributed by atoms with Gasteiger partial charge in [0.2, 0.25) is 0 Å². The Morgan fingerprint density at radius 1 is 1.00 bits per heavy atom. The number of hydrogen-bond acceptors (Lipinski definition) is 5. The molecule has 0 radical (unpaired) electrons. The van der Waals surface area contributed by atoms with Crippen molar-refractivity contribution in [1.82, 2.24) is 0 Å². The molecule has 3 rings (SSSR count). The van der Waals surface area contributed by atoms with Crippen molar-refractivity contribution in [3.63, 3.8) is 0 Å². The van der Waals surface area contributed by atoms with Crippen LogP contribution in [0, 0.1) is 0 Å². The summed E-state index contributed by atoms with van der Waals surface area (Å²) >= 11 is 6.00. The summed E-state index contributed by atoms with van der Waals surface area (Å²) < 4.78 is 0. The topological polar surface area (TPSA) is 89.5 Å². The van der Waals surface area contributed by atoms with E-state index in [1.165, 1.54) is 18.2 Å². The Labute approximate surface area is 142 Å². The lowest BCUT2D eigenvalue weighted by Gasteiger charge is -2.15. The summed E-state index contributed by atoms with van der Waals surface area (Å²) in [5.74, 6) is -2.61. The van der Waals surface area contributed by atoms with Crippen LogP contribution in [0.25, 0.3) is 0 Å². The minimum absolute atomic E-state index is 0.0617. The number of nitrogens with zero attached hydrogens (tertiary/aromatic N) is 1. The lowest BCUT2D eigenvalue weighted by molar-refractivity contribution is -0.255. The van der Waals surface area contributed by atoms with E-state index in [4.69, 9.17) is 11.6 Å². The third kappa shape index (κ3) is 2.75. The van der Waals surface area contributed by atoms with Crippen molar-refractivity contribution in [2.45, 2.75) is 0 Å². The highest BCUT2D eigenvalue weighted by atomic mass is 35.5. The Kier molecular flexibility index (Phi) is 4.05. The van der Waals surface area contributed by atoms with E-state index >= 15 is 0 Å². The lowest BCUT2D eigenvalue weighted by atomic mass is 10.2. The zero-order valence-corrected chi connectivity index (χ0v) is 12.9. The van der Waals surface area contributed by atoms with E-state index in [9.17, 15) is 19.5 Å². The van der Waals surface area contributed by atoms with Crippen molar-refractivity contribution in [3.05, 3.63) is 70.9 Å². The molecule has 1 aliphatic rings. The summed E-state index contributed by atoms with van der Waals surface area (Å²) in [6.07, 6.45) is 0. The first-order valence-corrected chi connectivity index (χ1v) is 7.29. The second-order valence-corrected chi connectivity index (χ2v) is 5.34. The number of carbonyl (C=O) groups excluding carboxylic acids is 3. The molecule has 24 heavy (non-hydrogen) atoms. The molecule has 120 valence electrons. The van der Waals surface area contributed by atoms with Crippen LogP contribution in [-0.2, 0) is 9.59 Å². The number of anilines is 2. The molecule has 0 saturated carbocycles. The quantitative estimate of drug-likeness (QED) is 0.851. The molecule has 2 aromatic rings. The number of amides is 2. The Morgan fingerprint density at radius 3 is 2.38 bits per heavy atom. The first kappa shape index (κ1) is 15.8. The van der Waals surface area contributed by atoms with Gasteiger partial charge in [0.15, 0.2) is 0 Å². The third-order valence-corrected chi connectivity index (χ3v) is 3.76. The zero-order chi connectivity index (χ0) is 17.3. The van der Waals surface area contributed by atoms with Gasteiger partial charge in [-0.25, -0.2) is 4.90 Å². The number of para-hydroxylation sites is 1. The molecule has 1 aliphatic heterocycles. The smallest absolute Gasteiger partial charge is 0.283 e. The number of hydrogen-bond donors (Lipinski definition) is 1. The van der Waals surface area contributed by atoms with Crippen LogP contribution in [0.15, 0.2) is 65.3 Å². The summed E-state index contributed by atoms with van der Waals surface area (Å²) in [7, 11) is 0. The van der Waals surface area contributed by atoms with Gasteiger partial charge in [-0.15, -0.1) is 0 Å². The van der Waals surface area contributed by atoms with E-state index < -0.39 is 17.8 Å². The highest BCUT2D eigenvalue weighted by Gasteiger charge is 2.38. The van der Waals surface area contributed by atoms with Crippen LogP contribution in [0.1, 0.15) is 10.4 Å². The second kappa shape index (κ2) is 6.17. The number of imide groups is 1. The summed E-state index contributed by atoms with van der Waals surface area (Å²) in [6, 6.07) is 14.0. The standard InChI is InChI=1S/C17H11ClN2O4/c18-13-14(19-11-6-4-5-10(9-11)17(23)24)16(22)20(15(13)21)12-7-2-1-3-8-12/h1-9,19H,(H,23,24)/p-1. The van der Waals surface area contributed by atoms with Gasteiger partial charge < -0.3 is 15.2 Å². The van der Waals surface area contributed by atoms with Crippen LogP contribution in [0.2, 0.25) is 0 Å². The number of carbonyl (C=O) groups is 3. The van der Waals surface area contributed by atoms with Gasteiger partial charge in [-0.2, -0.15) is 0 Å². The highest BCUT2D eigenvalue weighted by Crippen LogP contribution is 2.29. The highest BCUT2D eigenvalue weighted by molar-refractivity contribution is 6.53. The van der Waals surface area contributed by atoms with Gasteiger partial charge in [-0.3, -0.25) is 9.59 Å². The van der Waals surface area contributed by atoms with Crippen molar-refractivity contribution in [1.29, 1.82) is 0 Å². The molecule has 0 bridgehead atoms. The van der Waals surface area contributed by atoms with Crippen LogP contribution in [0.4, 0.5) is 11.4 Å². The molecule has 2 amide bonds. The molecule has 1 heterocycles. The van der Waals surface area contributed by atoms with Crippen LogP contribution >= 0.6 is 11.6 Å². The molecular formula is C17H10ClN2O4-. The Balaban J connectivity index is 1.91. The number of carboxylic acids is 1. The van der Waals surface area contributed by atoms with Crippen molar-refractivity contribution in [2.75, 3.05) is 10.2 Å². The van der Waals surface area contributed by atoms with Crippen LogP contribution in [-0.4, -0.2) is 17.8 Å². The molecule has 0 unspecified atom stereocenters. The van der Waals surface area contributed by atoms with Crippen molar-refractivity contribution < 1.29 is 19.5 Å². The fourth-order valence-corrected chi connectivity index (χ4v) is 2.50.